The quantitative estimate of drug-likeness (QED) is 0.748. The van der Waals surface area contributed by atoms with Gasteiger partial charge in [-0.1, -0.05) is 6.07 Å². The molecule has 0 aliphatic carbocycles. The van der Waals surface area contributed by atoms with Crippen LogP contribution in [0.2, 0.25) is 0 Å². The lowest BCUT2D eigenvalue weighted by atomic mass is 10.0. The van der Waals surface area contributed by atoms with Crippen molar-refractivity contribution in [2.75, 3.05) is 12.5 Å². The molecule has 0 aromatic heterocycles. The van der Waals surface area contributed by atoms with E-state index in [0.717, 1.165) is 18.4 Å². The van der Waals surface area contributed by atoms with Crippen molar-refractivity contribution in [3.05, 3.63) is 29.3 Å². The van der Waals surface area contributed by atoms with Gasteiger partial charge in [0.1, 0.15) is 5.75 Å². The van der Waals surface area contributed by atoms with Crippen LogP contribution in [0.25, 0.3) is 0 Å². The SMILES string of the molecule is CCOc1cc(CCCCl)cc(C(O)C(=O)O)c1. The Morgan fingerprint density at radius 3 is 2.72 bits per heavy atom. The molecule has 5 heteroatoms. The van der Waals surface area contributed by atoms with Crippen LogP contribution in [0.3, 0.4) is 0 Å². The van der Waals surface area contributed by atoms with Crippen LogP contribution < -0.4 is 4.74 Å². The Labute approximate surface area is 111 Å². The average molecular weight is 273 g/mol. The van der Waals surface area contributed by atoms with E-state index in [4.69, 9.17) is 21.4 Å². The summed E-state index contributed by atoms with van der Waals surface area (Å²) in [6.45, 7) is 2.33. The molecule has 1 unspecified atom stereocenters. The van der Waals surface area contributed by atoms with E-state index in [2.05, 4.69) is 0 Å². The summed E-state index contributed by atoms with van der Waals surface area (Å²) in [6.07, 6.45) is -0.0103. The molecule has 1 atom stereocenters. The molecule has 0 heterocycles. The molecule has 0 spiro atoms. The number of aliphatic hydroxyl groups is 1. The number of carboxylic acid groups (broad SMARTS) is 1. The van der Waals surface area contributed by atoms with Crippen LogP contribution >= 0.6 is 11.6 Å². The minimum Gasteiger partial charge on any atom is -0.494 e. The zero-order valence-corrected chi connectivity index (χ0v) is 11.0. The molecule has 2 N–H and O–H groups in total. The molecule has 100 valence electrons. The molecule has 1 aromatic rings. The highest BCUT2D eigenvalue weighted by Gasteiger charge is 2.17. The van der Waals surface area contributed by atoms with Crippen molar-refractivity contribution in [1.82, 2.24) is 0 Å². The smallest absolute Gasteiger partial charge is 0.337 e. The fraction of sp³-hybridized carbons (Fsp3) is 0.462. The highest BCUT2D eigenvalue weighted by atomic mass is 35.5. The number of ether oxygens (including phenoxy) is 1. The standard InChI is InChI=1S/C13H17ClO4/c1-2-18-11-7-9(4-3-5-14)6-10(8-11)12(15)13(16)17/h6-8,12,15H,2-5H2,1H3,(H,16,17). The lowest BCUT2D eigenvalue weighted by Crippen LogP contribution is -2.11. The topological polar surface area (TPSA) is 66.8 Å². The number of rotatable bonds is 7. The van der Waals surface area contributed by atoms with Crippen LogP contribution in [0.4, 0.5) is 0 Å². The molecular weight excluding hydrogens is 256 g/mol. The number of alkyl halides is 1. The Balaban J connectivity index is 3.00. The van der Waals surface area contributed by atoms with Crippen LogP contribution in [-0.2, 0) is 11.2 Å². The number of carboxylic acids is 1. The maximum Gasteiger partial charge on any atom is 0.337 e. The number of aliphatic carboxylic acids is 1. The van der Waals surface area contributed by atoms with E-state index in [0.29, 0.717) is 23.8 Å². The fourth-order valence-corrected chi connectivity index (χ4v) is 1.79. The van der Waals surface area contributed by atoms with Gasteiger partial charge in [0.2, 0.25) is 0 Å². The largest absolute Gasteiger partial charge is 0.494 e. The molecule has 0 amide bonds. The van der Waals surface area contributed by atoms with E-state index in [9.17, 15) is 9.90 Å². The Kier molecular flexibility index (Phi) is 5.95. The minimum atomic E-state index is -1.53. The number of aliphatic hydroxyl groups excluding tert-OH is 1. The van der Waals surface area contributed by atoms with E-state index < -0.39 is 12.1 Å². The monoisotopic (exact) mass is 272 g/mol. The third kappa shape index (κ3) is 4.20. The third-order valence-corrected chi connectivity index (χ3v) is 2.72. The zero-order chi connectivity index (χ0) is 13.5. The first kappa shape index (κ1) is 14.8. The fourth-order valence-electron chi connectivity index (χ4n) is 1.65. The van der Waals surface area contributed by atoms with Crippen LogP contribution in [0.1, 0.15) is 30.6 Å². The van der Waals surface area contributed by atoms with Crippen molar-refractivity contribution < 1.29 is 19.7 Å². The van der Waals surface area contributed by atoms with E-state index in [-0.39, 0.29) is 0 Å². The van der Waals surface area contributed by atoms with E-state index >= 15 is 0 Å². The van der Waals surface area contributed by atoms with Crippen molar-refractivity contribution in [2.24, 2.45) is 0 Å². The van der Waals surface area contributed by atoms with Crippen LogP contribution in [-0.4, -0.2) is 28.7 Å². The number of hydrogen-bond acceptors (Lipinski definition) is 3. The number of carbonyl (C=O) groups is 1. The second-order valence-corrected chi connectivity index (χ2v) is 4.25. The summed E-state index contributed by atoms with van der Waals surface area (Å²) in [6, 6.07) is 5.06. The molecule has 0 fully saturated rings. The van der Waals surface area contributed by atoms with E-state index in [1.807, 2.05) is 13.0 Å². The van der Waals surface area contributed by atoms with Crippen LogP contribution in [0.15, 0.2) is 18.2 Å². The molecule has 1 aromatic carbocycles. The molecule has 1 rings (SSSR count). The van der Waals surface area contributed by atoms with E-state index in [1.165, 1.54) is 0 Å². The van der Waals surface area contributed by atoms with Gasteiger partial charge in [-0.15, -0.1) is 11.6 Å². The minimum absolute atomic E-state index is 0.332. The maximum absolute atomic E-state index is 10.8. The molecule has 0 saturated heterocycles. The summed E-state index contributed by atoms with van der Waals surface area (Å²) in [5, 5.41) is 18.4. The molecule has 0 radical (unpaired) electrons. The molecule has 0 saturated carbocycles. The van der Waals surface area contributed by atoms with Gasteiger partial charge in [0.05, 0.1) is 6.61 Å². The average Bonchev–Trinajstić information content (AvgIpc) is 2.35. The summed E-state index contributed by atoms with van der Waals surface area (Å²) >= 11 is 5.63. The first-order valence-electron chi connectivity index (χ1n) is 5.82. The van der Waals surface area contributed by atoms with Gasteiger partial charge in [-0.05, 0) is 43.0 Å². The second kappa shape index (κ2) is 7.24. The Morgan fingerprint density at radius 2 is 2.17 bits per heavy atom. The van der Waals surface area contributed by atoms with Crippen molar-refractivity contribution in [2.45, 2.75) is 25.9 Å². The van der Waals surface area contributed by atoms with Gasteiger partial charge in [-0.3, -0.25) is 0 Å². The van der Waals surface area contributed by atoms with Crippen LogP contribution in [0.5, 0.6) is 5.75 Å². The summed E-state index contributed by atoms with van der Waals surface area (Å²) < 4.78 is 5.36. The molecule has 0 aliphatic heterocycles. The normalized spacial score (nSPS) is 12.2. The van der Waals surface area contributed by atoms with Gasteiger partial charge >= 0.3 is 5.97 Å². The lowest BCUT2D eigenvalue weighted by molar-refractivity contribution is -0.146. The number of hydrogen-bond donors (Lipinski definition) is 2. The summed E-state index contributed by atoms with van der Waals surface area (Å²) in [4.78, 5) is 10.8. The predicted octanol–water partition coefficient (Wildman–Crippen LogP) is 2.37. The first-order valence-corrected chi connectivity index (χ1v) is 6.35. The Hall–Kier alpha value is -1.26. The number of benzene rings is 1. The van der Waals surface area contributed by atoms with E-state index in [1.54, 1.807) is 12.1 Å². The van der Waals surface area contributed by atoms with Crippen LogP contribution in [0, 0.1) is 0 Å². The lowest BCUT2D eigenvalue weighted by Gasteiger charge is -2.12. The van der Waals surface area contributed by atoms with Gasteiger partial charge in [0.25, 0.3) is 0 Å². The van der Waals surface area contributed by atoms with Gasteiger partial charge in [0, 0.05) is 5.88 Å². The highest BCUT2D eigenvalue weighted by Crippen LogP contribution is 2.23. The summed E-state index contributed by atoms with van der Waals surface area (Å²) in [5.41, 5.74) is 1.25. The molecule has 0 aliphatic rings. The number of aryl methyl sites for hydroxylation is 1. The highest BCUT2D eigenvalue weighted by molar-refractivity contribution is 6.17. The van der Waals surface area contributed by atoms with Gasteiger partial charge in [-0.2, -0.15) is 0 Å². The second-order valence-electron chi connectivity index (χ2n) is 3.88. The predicted molar refractivity (Wildman–Crippen MR) is 69.2 cm³/mol. The van der Waals surface area contributed by atoms with Gasteiger partial charge in [0.15, 0.2) is 6.10 Å². The summed E-state index contributed by atoms with van der Waals surface area (Å²) in [7, 11) is 0. The molecule has 4 nitrogen and oxygen atoms in total. The zero-order valence-electron chi connectivity index (χ0n) is 10.2. The molecule has 18 heavy (non-hydrogen) atoms. The first-order chi connectivity index (χ1) is 8.58. The molecular formula is C13H17ClO4. The van der Waals surface area contributed by atoms with Crippen molar-refractivity contribution in [3.63, 3.8) is 0 Å². The molecule has 0 bridgehead atoms. The Bertz CT molecular complexity index is 406. The van der Waals surface area contributed by atoms with Crippen molar-refractivity contribution in [1.29, 1.82) is 0 Å². The summed E-state index contributed by atoms with van der Waals surface area (Å²) in [5.74, 6) is -0.165. The van der Waals surface area contributed by atoms with Gasteiger partial charge < -0.3 is 14.9 Å². The van der Waals surface area contributed by atoms with Gasteiger partial charge in [-0.25, -0.2) is 4.79 Å². The maximum atomic E-state index is 10.8. The van der Waals surface area contributed by atoms with Crippen molar-refractivity contribution >= 4 is 17.6 Å². The Morgan fingerprint density at radius 1 is 1.44 bits per heavy atom. The van der Waals surface area contributed by atoms with Crippen molar-refractivity contribution in [3.8, 4) is 5.75 Å². The number of halogens is 1. The third-order valence-electron chi connectivity index (χ3n) is 2.45.